The number of carbonyl (C=O) groups is 1. The van der Waals surface area contributed by atoms with Gasteiger partial charge in [0.15, 0.2) is 0 Å². The van der Waals surface area contributed by atoms with Gasteiger partial charge in [-0.15, -0.1) is 11.6 Å². The molecule has 0 spiro atoms. The van der Waals surface area contributed by atoms with Gasteiger partial charge in [0.25, 0.3) is 0 Å². The highest BCUT2D eigenvalue weighted by Gasteiger charge is 2.48. The number of nitriles is 1. The lowest BCUT2D eigenvalue weighted by molar-refractivity contribution is -0.124. The van der Waals surface area contributed by atoms with E-state index in [4.69, 9.17) is 21.1 Å². The molecular weight excluding hydrogens is 540 g/mol. The molecule has 4 fully saturated rings. The summed E-state index contributed by atoms with van der Waals surface area (Å²) in [6, 6.07) is 3.36. The molecule has 2 saturated heterocycles. The number of amides is 1. The van der Waals surface area contributed by atoms with Crippen molar-refractivity contribution in [3.05, 3.63) is 0 Å². The molecule has 10 heteroatoms. The number of hydrogen-bond donors (Lipinski definition) is 4. The van der Waals surface area contributed by atoms with E-state index in [0.717, 1.165) is 58.2 Å². The Kier molecular flexibility index (Phi) is 13.0. The topological polar surface area (TPSA) is 111 Å². The maximum atomic E-state index is 12.9. The van der Waals surface area contributed by atoms with E-state index >= 15 is 0 Å². The number of nitrogens with one attached hydrogen (secondary N) is 4. The van der Waals surface area contributed by atoms with E-state index in [1.807, 2.05) is 21.0 Å². The molecule has 234 valence electrons. The van der Waals surface area contributed by atoms with Crippen molar-refractivity contribution in [2.24, 2.45) is 17.8 Å². The molecule has 2 aliphatic carbocycles. The lowest BCUT2D eigenvalue weighted by atomic mass is 9.69. The van der Waals surface area contributed by atoms with Crippen LogP contribution < -0.4 is 21.3 Å². The molecule has 11 atom stereocenters. The average Bonchev–Trinajstić information content (AvgIpc) is 2.94. The van der Waals surface area contributed by atoms with Gasteiger partial charge in [0, 0.05) is 43.7 Å². The SMILES string of the molecule is CCOC1CC2NCC(C#N)C(NC3CCC(OCC4NCCCC4C)CC3Cl)C2CC1NC(=O)CCCN(C)C. The van der Waals surface area contributed by atoms with Gasteiger partial charge in [-0.3, -0.25) is 4.79 Å². The Morgan fingerprint density at radius 2 is 1.95 bits per heavy atom. The van der Waals surface area contributed by atoms with Crippen molar-refractivity contribution in [2.75, 3.05) is 46.9 Å². The Hall–Kier alpha value is -0.990. The third kappa shape index (κ3) is 9.25. The van der Waals surface area contributed by atoms with E-state index in [9.17, 15) is 10.1 Å². The van der Waals surface area contributed by atoms with Crippen molar-refractivity contribution in [2.45, 2.75) is 119 Å². The number of alkyl halides is 1. The van der Waals surface area contributed by atoms with Crippen molar-refractivity contribution in [1.82, 2.24) is 26.2 Å². The van der Waals surface area contributed by atoms with Crippen LogP contribution in [0.25, 0.3) is 0 Å². The molecule has 11 unspecified atom stereocenters. The molecule has 9 nitrogen and oxygen atoms in total. The molecule has 4 rings (SSSR count). The van der Waals surface area contributed by atoms with Gasteiger partial charge in [-0.05, 0) is 97.3 Å². The van der Waals surface area contributed by atoms with E-state index in [1.54, 1.807) is 0 Å². The molecule has 0 aromatic carbocycles. The fourth-order valence-electron chi connectivity index (χ4n) is 7.53. The zero-order valence-electron chi connectivity index (χ0n) is 25.7. The molecule has 2 heterocycles. The largest absolute Gasteiger partial charge is 0.377 e. The molecule has 4 N–H and O–H groups in total. The monoisotopic (exact) mass is 594 g/mol. The number of rotatable bonds is 12. The normalized spacial score (nSPS) is 39.6. The van der Waals surface area contributed by atoms with Crippen molar-refractivity contribution in [3.63, 3.8) is 0 Å². The first kappa shape index (κ1) is 32.9. The lowest BCUT2D eigenvalue weighted by Gasteiger charge is -2.50. The number of hydrogen-bond acceptors (Lipinski definition) is 8. The van der Waals surface area contributed by atoms with Gasteiger partial charge in [-0.25, -0.2) is 0 Å². The van der Waals surface area contributed by atoms with Gasteiger partial charge in [0.2, 0.25) is 5.91 Å². The summed E-state index contributed by atoms with van der Waals surface area (Å²) in [5.41, 5.74) is 0. The Bertz CT molecular complexity index is 858. The number of ether oxygens (including phenoxy) is 2. The molecule has 4 aliphatic rings. The van der Waals surface area contributed by atoms with E-state index in [2.05, 4.69) is 39.2 Å². The molecule has 0 radical (unpaired) electrons. The summed E-state index contributed by atoms with van der Waals surface area (Å²) in [5, 5.41) is 24.5. The molecular formula is C31H55ClN6O3. The Balaban J connectivity index is 1.35. The standard InChI is InChI=1S/C31H55ClN6O3/c1-5-40-29-16-26-23(15-27(29)36-30(39)9-7-13-38(3)4)31(21(17-33)18-35-26)37-25-11-10-22(14-24(25)32)41-19-28-20(2)8-6-12-34-28/h20-29,31,34-35,37H,5-16,18-19H2,1-4H3,(H,36,39). The maximum absolute atomic E-state index is 12.9. The van der Waals surface area contributed by atoms with Gasteiger partial charge in [0.05, 0.1) is 42.2 Å². The third-order valence-electron chi connectivity index (χ3n) is 9.95. The smallest absolute Gasteiger partial charge is 0.220 e. The fourth-order valence-corrected chi connectivity index (χ4v) is 7.92. The Labute approximate surface area is 253 Å². The van der Waals surface area contributed by atoms with Crippen LogP contribution in [0.5, 0.6) is 0 Å². The molecule has 1 amide bonds. The quantitative estimate of drug-likeness (QED) is 0.255. The second kappa shape index (κ2) is 16.2. The summed E-state index contributed by atoms with van der Waals surface area (Å²) < 4.78 is 12.5. The first-order valence-corrected chi connectivity index (χ1v) is 16.7. The highest BCUT2D eigenvalue weighted by Crippen LogP contribution is 2.37. The van der Waals surface area contributed by atoms with Gasteiger partial charge < -0.3 is 35.6 Å². The summed E-state index contributed by atoms with van der Waals surface area (Å²) in [4.78, 5) is 15.0. The maximum Gasteiger partial charge on any atom is 0.220 e. The Morgan fingerprint density at radius 1 is 1.12 bits per heavy atom. The predicted octanol–water partition coefficient (Wildman–Crippen LogP) is 2.63. The van der Waals surface area contributed by atoms with E-state index in [0.29, 0.717) is 31.5 Å². The second-order valence-corrected chi connectivity index (χ2v) is 13.8. The van der Waals surface area contributed by atoms with Gasteiger partial charge in [-0.2, -0.15) is 5.26 Å². The lowest BCUT2D eigenvalue weighted by Crippen LogP contribution is -2.66. The third-order valence-corrected chi connectivity index (χ3v) is 10.4. The molecule has 0 aromatic rings. The van der Waals surface area contributed by atoms with Crippen molar-refractivity contribution >= 4 is 17.5 Å². The summed E-state index contributed by atoms with van der Waals surface area (Å²) in [6.45, 7) is 8.33. The van der Waals surface area contributed by atoms with Crippen LogP contribution in [0.4, 0.5) is 0 Å². The van der Waals surface area contributed by atoms with Crippen LogP contribution >= 0.6 is 11.6 Å². The van der Waals surface area contributed by atoms with Crippen LogP contribution in [0.15, 0.2) is 0 Å². The van der Waals surface area contributed by atoms with Crippen LogP contribution in [-0.2, 0) is 14.3 Å². The fraction of sp³-hybridized carbons (Fsp3) is 0.935. The molecule has 0 aromatic heterocycles. The number of piperidine rings is 2. The zero-order chi connectivity index (χ0) is 29.4. The highest BCUT2D eigenvalue weighted by molar-refractivity contribution is 6.21. The molecule has 2 aliphatic heterocycles. The van der Waals surface area contributed by atoms with E-state index in [-0.39, 0.29) is 59.5 Å². The second-order valence-electron chi connectivity index (χ2n) is 13.2. The minimum absolute atomic E-state index is 0.0259. The summed E-state index contributed by atoms with van der Waals surface area (Å²) in [5.74, 6) is 0.804. The average molecular weight is 595 g/mol. The number of nitrogens with zero attached hydrogens (tertiary/aromatic N) is 2. The number of fused-ring (bicyclic) bond motifs is 1. The summed E-state index contributed by atoms with van der Waals surface area (Å²) in [6.07, 6.45) is 8.39. The van der Waals surface area contributed by atoms with Crippen LogP contribution in [-0.4, -0.2) is 106 Å². The van der Waals surface area contributed by atoms with Crippen LogP contribution in [0.1, 0.15) is 71.6 Å². The van der Waals surface area contributed by atoms with Crippen LogP contribution in [0.3, 0.4) is 0 Å². The number of carbonyl (C=O) groups excluding carboxylic acids is 1. The first-order valence-electron chi connectivity index (χ1n) is 16.2. The van der Waals surface area contributed by atoms with E-state index in [1.165, 1.54) is 12.8 Å². The van der Waals surface area contributed by atoms with Gasteiger partial charge in [0.1, 0.15) is 0 Å². The van der Waals surface area contributed by atoms with Crippen molar-refractivity contribution in [3.8, 4) is 6.07 Å². The van der Waals surface area contributed by atoms with Crippen molar-refractivity contribution in [1.29, 1.82) is 5.26 Å². The van der Waals surface area contributed by atoms with Gasteiger partial charge in [-0.1, -0.05) is 6.92 Å². The predicted molar refractivity (Wildman–Crippen MR) is 163 cm³/mol. The van der Waals surface area contributed by atoms with E-state index < -0.39 is 0 Å². The van der Waals surface area contributed by atoms with Crippen molar-refractivity contribution < 1.29 is 14.3 Å². The number of halogens is 1. The zero-order valence-corrected chi connectivity index (χ0v) is 26.5. The molecule has 2 saturated carbocycles. The van der Waals surface area contributed by atoms with Crippen LogP contribution in [0.2, 0.25) is 0 Å². The Morgan fingerprint density at radius 3 is 2.66 bits per heavy atom. The minimum Gasteiger partial charge on any atom is -0.377 e. The highest BCUT2D eigenvalue weighted by atomic mass is 35.5. The van der Waals surface area contributed by atoms with Crippen LogP contribution in [0, 0.1) is 29.1 Å². The first-order chi connectivity index (χ1) is 19.8. The molecule has 0 bridgehead atoms. The minimum atomic E-state index is -0.145. The molecule has 41 heavy (non-hydrogen) atoms. The van der Waals surface area contributed by atoms with Gasteiger partial charge >= 0.3 is 0 Å². The summed E-state index contributed by atoms with van der Waals surface area (Å²) >= 11 is 7.01. The summed E-state index contributed by atoms with van der Waals surface area (Å²) in [7, 11) is 4.05.